The van der Waals surface area contributed by atoms with Crippen LogP contribution in [0.2, 0.25) is 5.02 Å². The molecule has 0 amide bonds. The third kappa shape index (κ3) is 3.40. The van der Waals surface area contributed by atoms with Crippen LogP contribution >= 0.6 is 39.3 Å². The first-order chi connectivity index (χ1) is 9.72. The highest BCUT2D eigenvalue weighted by Crippen LogP contribution is 2.37. The molecule has 1 unspecified atom stereocenters. The molecule has 2 aromatic carbocycles. The molecular formula is C16H15BrClNS. The van der Waals surface area contributed by atoms with Gasteiger partial charge in [0.2, 0.25) is 0 Å². The minimum absolute atomic E-state index is 0.393. The average molecular weight is 369 g/mol. The highest BCUT2D eigenvalue weighted by molar-refractivity contribution is 9.10. The minimum atomic E-state index is 0.393. The van der Waals surface area contributed by atoms with Gasteiger partial charge in [-0.25, -0.2) is 0 Å². The van der Waals surface area contributed by atoms with E-state index in [4.69, 9.17) is 11.6 Å². The summed E-state index contributed by atoms with van der Waals surface area (Å²) in [7, 11) is 0. The summed E-state index contributed by atoms with van der Waals surface area (Å²) in [5.41, 5.74) is 2.63. The van der Waals surface area contributed by atoms with Gasteiger partial charge < -0.3 is 5.32 Å². The van der Waals surface area contributed by atoms with Gasteiger partial charge in [0.05, 0.1) is 0 Å². The van der Waals surface area contributed by atoms with Gasteiger partial charge in [0, 0.05) is 27.0 Å². The smallest absolute Gasteiger partial charge is 0.0410 e. The lowest BCUT2D eigenvalue weighted by Gasteiger charge is -2.26. The fraction of sp³-hybridized carbons (Fsp3) is 0.250. The zero-order valence-corrected chi connectivity index (χ0v) is 14.1. The van der Waals surface area contributed by atoms with Crippen molar-refractivity contribution in [2.45, 2.75) is 23.9 Å². The fourth-order valence-corrected chi connectivity index (χ4v) is 4.20. The van der Waals surface area contributed by atoms with Crippen LogP contribution in [-0.4, -0.2) is 5.75 Å². The molecule has 20 heavy (non-hydrogen) atoms. The van der Waals surface area contributed by atoms with Crippen molar-refractivity contribution in [1.82, 2.24) is 5.32 Å². The molecule has 2 aromatic rings. The van der Waals surface area contributed by atoms with Gasteiger partial charge in [0.1, 0.15) is 0 Å². The average Bonchev–Trinajstić information content (AvgIpc) is 2.45. The van der Waals surface area contributed by atoms with E-state index in [2.05, 4.69) is 57.6 Å². The Labute approximate surface area is 137 Å². The number of fused-ring (bicyclic) bond motifs is 1. The number of hydrogen-bond donors (Lipinski definition) is 1. The molecule has 4 heteroatoms. The second kappa shape index (κ2) is 6.52. The van der Waals surface area contributed by atoms with E-state index in [1.54, 1.807) is 0 Å². The highest BCUT2D eigenvalue weighted by Gasteiger charge is 2.20. The van der Waals surface area contributed by atoms with Crippen molar-refractivity contribution < 1.29 is 0 Å². The molecule has 1 atom stereocenters. The largest absolute Gasteiger partial charge is 0.306 e. The van der Waals surface area contributed by atoms with Crippen molar-refractivity contribution in [2.75, 3.05) is 5.75 Å². The summed E-state index contributed by atoms with van der Waals surface area (Å²) in [4.78, 5) is 1.35. The highest BCUT2D eigenvalue weighted by atomic mass is 79.9. The third-order valence-electron chi connectivity index (χ3n) is 3.45. The van der Waals surface area contributed by atoms with Crippen LogP contribution in [-0.2, 0) is 6.54 Å². The number of nitrogens with one attached hydrogen (secondary N) is 1. The Bertz CT molecular complexity index is 617. The van der Waals surface area contributed by atoms with Crippen LogP contribution in [0.1, 0.15) is 23.6 Å². The maximum absolute atomic E-state index is 6.14. The standard InChI is InChI=1S/C16H15BrClNS/c17-12-3-1-2-11(8-12)10-19-15-6-7-20-16-5-4-13(18)9-14(15)16/h1-5,8-9,15,19H,6-7,10H2. The lowest BCUT2D eigenvalue weighted by Crippen LogP contribution is -2.24. The molecule has 3 rings (SSSR count). The van der Waals surface area contributed by atoms with Gasteiger partial charge in [-0.1, -0.05) is 39.7 Å². The summed E-state index contributed by atoms with van der Waals surface area (Å²) in [6.45, 7) is 0.876. The summed E-state index contributed by atoms with van der Waals surface area (Å²) in [6, 6.07) is 15.0. The third-order valence-corrected chi connectivity index (χ3v) is 5.30. The van der Waals surface area contributed by atoms with Crippen molar-refractivity contribution in [3.8, 4) is 0 Å². The van der Waals surface area contributed by atoms with E-state index in [-0.39, 0.29) is 0 Å². The molecule has 104 valence electrons. The molecule has 1 nitrogen and oxygen atoms in total. The topological polar surface area (TPSA) is 12.0 Å². The van der Waals surface area contributed by atoms with Crippen LogP contribution in [0.5, 0.6) is 0 Å². The van der Waals surface area contributed by atoms with Crippen LogP contribution in [0.4, 0.5) is 0 Å². The molecule has 1 aliphatic heterocycles. The molecule has 1 heterocycles. The van der Waals surface area contributed by atoms with E-state index < -0.39 is 0 Å². The zero-order valence-electron chi connectivity index (χ0n) is 10.9. The molecule has 0 radical (unpaired) electrons. The number of hydrogen-bond acceptors (Lipinski definition) is 2. The Kier molecular flexibility index (Phi) is 4.72. The van der Waals surface area contributed by atoms with E-state index in [0.29, 0.717) is 6.04 Å². The molecule has 0 spiro atoms. The van der Waals surface area contributed by atoms with Crippen LogP contribution in [0.25, 0.3) is 0 Å². The summed E-state index contributed by atoms with van der Waals surface area (Å²) in [5, 5.41) is 4.48. The SMILES string of the molecule is Clc1ccc2c(c1)C(NCc1cccc(Br)c1)CCS2. The van der Waals surface area contributed by atoms with Gasteiger partial charge in [-0.05, 0) is 53.6 Å². The molecular weight excluding hydrogens is 354 g/mol. The van der Waals surface area contributed by atoms with Gasteiger partial charge in [-0.15, -0.1) is 11.8 Å². The predicted molar refractivity (Wildman–Crippen MR) is 90.5 cm³/mol. The lowest BCUT2D eigenvalue weighted by atomic mass is 10.0. The normalized spacial score (nSPS) is 17.8. The lowest BCUT2D eigenvalue weighted by molar-refractivity contribution is 0.510. The maximum atomic E-state index is 6.14. The molecule has 0 fully saturated rings. The number of thioether (sulfide) groups is 1. The van der Waals surface area contributed by atoms with Gasteiger partial charge in [0.25, 0.3) is 0 Å². The molecule has 1 N–H and O–H groups in total. The van der Waals surface area contributed by atoms with Crippen molar-refractivity contribution >= 4 is 39.3 Å². The summed E-state index contributed by atoms with van der Waals surface area (Å²) < 4.78 is 1.12. The number of rotatable bonds is 3. The van der Waals surface area contributed by atoms with E-state index in [1.165, 1.54) is 16.0 Å². The van der Waals surface area contributed by atoms with Gasteiger partial charge in [-0.3, -0.25) is 0 Å². The Balaban J connectivity index is 1.75. The summed E-state index contributed by atoms with van der Waals surface area (Å²) >= 11 is 11.6. The second-order valence-corrected chi connectivity index (χ2v) is 7.37. The monoisotopic (exact) mass is 367 g/mol. The van der Waals surface area contributed by atoms with E-state index in [1.807, 2.05) is 17.8 Å². The first kappa shape index (κ1) is 14.5. The Hall–Kier alpha value is -0.480. The maximum Gasteiger partial charge on any atom is 0.0410 e. The van der Waals surface area contributed by atoms with E-state index >= 15 is 0 Å². The number of halogens is 2. The van der Waals surface area contributed by atoms with Crippen LogP contribution in [0.15, 0.2) is 51.8 Å². The van der Waals surface area contributed by atoms with Gasteiger partial charge in [-0.2, -0.15) is 0 Å². The van der Waals surface area contributed by atoms with Crippen molar-refractivity contribution in [3.05, 3.63) is 63.1 Å². The Morgan fingerprint density at radius 1 is 1.25 bits per heavy atom. The van der Waals surface area contributed by atoms with Gasteiger partial charge >= 0.3 is 0 Å². The minimum Gasteiger partial charge on any atom is -0.306 e. The summed E-state index contributed by atoms with van der Waals surface area (Å²) in [5.74, 6) is 1.16. The van der Waals surface area contributed by atoms with Crippen LogP contribution in [0.3, 0.4) is 0 Å². The van der Waals surface area contributed by atoms with Gasteiger partial charge in [0.15, 0.2) is 0 Å². The quantitative estimate of drug-likeness (QED) is 0.775. The van der Waals surface area contributed by atoms with Crippen LogP contribution in [0, 0.1) is 0 Å². The molecule has 1 aliphatic rings. The molecule has 0 aliphatic carbocycles. The van der Waals surface area contributed by atoms with Crippen LogP contribution < -0.4 is 5.32 Å². The molecule has 0 saturated heterocycles. The summed E-state index contributed by atoms with van der Waals surface area (Å²) in [6.07, 6.45) is 1.14. The Morgan fingerprint density at radius 3 is 3.00 bits per heavy atom. The number of benzene rings is 2. The Morgan fingerprint density at radius 2 is 2.15 bits per heavy atom. The van der Waals surface area contributed by atoms with Crippen molar-refractivity contribution in [2.24, 2.45) is 0 Å². The van der Waals surface area contributed by atoms with Crippen molar-refractivity contribution in [1.29, 1.82) is 0 Å². The second-order valence-electron chi connectivity index (χ2n) is 4.88. The first-order valence-corrected chi connectivity index (χ1v) is 8.78. The first-order valence-electron chi connectivity index (χ1n) is 6.62. The molecule has 0 saturated carbocycles. The zero-order chi connectivity index (χ0) is 13.9. The predicted octanol–water partition coefficient (Wildman–Crippen LogP) is 5.43. The van der Waals surface area contributed by atoms with Crippen molar-refractivity contribution in [3.63, 3.8) is 0 Å². The molecule has 0 aromatic heterocycles. The van der Waals surface area contributed by atoms with E-state index in [9.17, 15) is 0 Å². The van der Waals surface area contributed by atoms with E-state index in [0.717, 1.165) is 28.2 Å². The molecule has 0 bridgehead atoms. The fourth-order valence-electron chi connectivity index (χ4n) is 2.47.